The fourth-order valence-corrected chi connectivity index (χ4v) is 1.84. The minimum atomic E-state index is 0.492. The second-order valence-corrected chi connectivity index (χ2v) is 5.03. The molecule has 0 heterocycles. The van der Waals surface area contributed by atoms with Gasteiger partial charge >= 0.3 is 0 Å². The van der Waals surface area contributed by atoms with Crippen LogP contribution in [0.1, 0.15) is 18.1 Å². The smallest absolute Gasteiger partial charge is 0.0435 e. The van der Waals surface area contributed by atoms with Gasteiger partial charge in [-0.15, -0.1) is 0 Å². The lowest BCUT2D eigenvalue weighted by molar-refractivity contribution is 0.349. The number of nitrogens with zero attached hydrogens (tertiary/aromatic N) is 1. The number of benzene rings is 1. The molecule has 1 aromatic carbocycles. The van der Waals surface area contributed by atoms with Crippen LogP contribution in [0.15, 0.2) is 18.2 Å². The van der Waals surface area contributed by atoms with Gasteiger partial charge in [-0.1, -0.05) is 23.7 Å². The van der Waals surface area contributed by atoms with Crippen molar-refractivity contribution in [1.82, 2.24) is 10.2 Å². The third-order valence-electron chi connectivity index (χ3n) is 2.52. The number of aryl methyl sites for hydroxylation is 1. The number of rotatable bonds is 5. The molecule has 0 aromatic heterocycles. The van der Waals surface area contributed by atoms with Crippen molar-refractivity contribution in [2.75, 3.05) is 20.6 Å². The standard InChI is InChI=1S/C13H21ClN2/c1-10-7-12(5-6-13(10)14)8-15-11(2)9-16(3)4/h5-7,11,15H,8-9H2,1-4H3. The number of likely N-dealkylation sites (N-methyl/N-ethyl adjacent to an activating group) is 1. The Morgan fingerprint density at radius 3 is 2.62 bits per heavy atom. The Labute approximate surface area is 104 Å². The predicted octanol–water partition coefficient (Wildman–Crippen LogP) is 2.69. The molecule has 3 heteroatoms. The van der Waals surface area contributed by atoms with Gasteiger partial charge in [0.25, 0.3) is 0 Å². The van der Waals surface area contributed by atoms with Crippen LogP contribution in [0.2, 0.25) is 5.02 Å². The van der Waals surface area contributed by atoms with Gasteiger partial charge in [-0.3, -0.25) is 0 Å². The van der Waals surface area contributed by atoms with Crippen molar-refractivity contribution in [2.45, 2.75) is 26.4 Å². The van der Waals surface area contributed by atoms with Crippen LogP contribution < -0.4 is 5.32 Å². The summed E-state index contributed by atoms with van der Waals surface area (Å²) in [6, 6.07) is 6.67. The molecule has 0 bridgehead atoms. The first kappa shape index (κ1) is 13.5. The maximum Gasteiger partial charge on any atom is 0.0435 e. The van der Waals surface area contributed by atoms with Crippen LogP contribution >= 0.6 is 11.6 Å². The van der Waals surface area contributed by atoms with Gasteiger partial charge in [-0.05, 0) is 45.1 Å². The van der Waals surface area contributed by atoms with Gasteiger partial charge in [0, 0.05) is 24.2 Å². The summed E-state index contributed by atoms with van der Waals surface area (Å²) in [5.41, 5.74) is 2.42. The van der Waals surface area contributed by atoms with Gasteiger partial charge in [0.05, 0.1) is 0 Å². The van der Waals surface area contributed by atoms with E-state index in [1.165, 1.54) is 5.56 Å². The second kappa shape index (κ2) is 6.24. The van der Waals surface area contributed by atoms with Crippen molar-refractivity contribution in [2.24, 2.45) is 0 Å². The Morgan fingerprint density at radius 2 is 2.06 bits per heavy atom. The molecule has 0 fully saturated rings. The van der Waals surface area contributed by atoms with Gasteiger partial charge < -0.3 is 10.2 Å². The highest BCUT2D eigenvalue weighted by Gasteiger charge is 2.03. The van der Waals surface area contributed by atoms with Gasteiger partial charge in [-0.25, -0.2) is 0 Å². The molecule has 0 saturated heterocycles. The summed E-state index contributed by atoms with van der Waals surface area (Å²) in [5, 5.41) is 4.33. The van der Waals surface area contributed by atoms with Gasteiger partial charge in [0.15, 0.2) is 0 Å². The first-order chi connectivity index (χ1) is 7.49. The lowest BCUT2D eigenvalue weighted by Gasteiger charge is -2.18. The summed E-state index contributed by atoms with van der Waals surface area (Å²) in [7, 11) is 4.18. The van der Waals surface area contributed by atoms with E-state index in [0.717, 1.165) is 23.7 Å². The van der Waals surface area contributed by atoms with E-state index in [1.807, 2.05) is 13.0 Å². The summed E-state index contributed by atoms with van der Waals surface area (Å²) in [6.45, 7) is 6.18. The van der Waals surface area contributed by atoms with E-state index in [2.05, 4.69) is 43.4 Å². The maximum absolute atomic E-state index is 5.99. The SMILES string of the molecule is Cc1cc(CNC(C)CN(C)C)ccc1Cl. The van der Waals surface area contributed by atoms with Crippen molar-refractivity contribution < 1.29 is 0 Å². The van der Waals surface area contributed by atoms with E-state index in [4.69, 9.17) is 11.6 Å². The van der Waals surface area contributed by atoms with Gasteiger partial charge in [-0.2, -0.15) is 0 Å². The monoisotopic (exact) mass is 240 g/mol. The van der Waals surface area contributed by atoms with E-state index in [-0.39, 0.29) is 0 Å². The Hall–Kier alpha value is -0.570. The molecule has 1 atom stereocenters. The lowest BCUT2D eigenvalue weighted by Crippen LogP contribution is -2.35. The topological polar surface area (TPSA) is 15.3 Å². The van der Waals surface area contributed by atoms with Crippen LogP contribution in [-0.4, -0.2) is 31.6 Å². The van der Waals surface area contributed by atoms with Crippen LogP contribution in [0, 0.1) is 6.92 Å². The predicted molar refractivity (Wildman–Crippen MR) is 71.0 cm³/mol. The Balaban J connectivity index is 2.45. The Kier molecular flexibility index (Phi) is 5.26. The zero-order chi connectivity index (χ0) is 12.1. The molecular weight excluding hydrogens is 220 g/mol. The Bertz CT molecular complexity index is 337. The number of hydrogen-bond acceptors (Lipinski definition) is 2. The van der Waals surface area contributed by atoms with Crippen molar-refractivity contribution in [3.05, 3.63) is 34.3 Å². The Morgan fingerprint density at radius 1 is 1.38 bits per heavy atom. The molecule has 2 nitrogen and oxygen atoms in total. The zero-order valence-corrected chi connectivity index (χ0v) is 11.3. The van der Waals surface area contributed by atoms with E-state index >= 15 is 0 Å². The number of nitrogens with one attached hydrogen (secondary N) is 1. The summed E-state index contributed by atoms with van der Waals surface area (Å²) in [5.74, 6) is 0. The van der Waals surface area contributed by atoms with Crippen LogP contribution in [0.3, 0.4) is 0 Å². The van der Waals surface area contributed by atoms with Crippen molar-refractivity contribution in [3.63, 3.8) is 0 Å². The highest BCUT2D eigenvalue weighted by Crippen LogP contribution is 2.16. The van der Waals surface area contributed by atoms with Crippen LogP contribution in [0.5, 0.6) is 0 Å². The third kappa shape index (κ3) is 4.52. The minimum absolute atomic E-state index is 0.492. The highest BCUT2D eigenvalue weighted by atomic mass is 35.5. The molecule has 1 N–H and O–H groups in total. The van der Waals surface area contributed by atoms with Crippen molar-refractivity contribution >= 4 is 11.6 Å². The molecule has 0 radical (unpaired) electrons. The summed E-state index contributed by atoms with van der Waals surface area (Å²) < 4.78 is 0. The molecule has 1 rings (SSSR count). The van der Waals surface area contributed by atoms with Crippen LogP contribution in [-0.2, 0) is 6.54 Å². The molecule has 0 aliphatic rings. The average molecular weight is 241 g/mol. The van der Waals surface area contributed by atoms with E-state index in [9.17, 15) is 0 Å². The molecule has 1 aromatic rings. The van der Waals surface area contributed by atoms with E-state index in [1.54, 1.807) is 0 Å². The molecule has 90 valence electrons. The fraction of sp³-hybridized carbons (Fsp3) is 0.538. The first-order valence-electron chi connectivity index (χ1n) is 5.62. The average Bonchev–Trinajstić information content (AvgIpc) is 2.19. The van der Waals surface area contributed by atoms with Gasteiger partial charge in [0.2, 0.25) is 0 Å². The van der Waals surface area contributed by atoms with Crippen molar-refractivity contribution in [3.8, 4) is 0 Å². The van der Waals surface area contributed by atoms with Crippen LogP contribution in [0.25, 0.3) is 0 Å². The zero-order valence-electron chi connectivity index (χ0n) is 10.5. The van der Waals surface area contributed by atoms with Gasteiger partial charge in [0.1, 0.15) is 0 Å². The number of halogens is 1. The molecule has 0 spiro atoms. The summed E-state index contributed by atoms with van der Waals surface area (Å²) in [6.07, 6.45) is 0. The van der Waals surface area contributed by atoms with Crippen LogP contribution in [0.4, 0.5) is 0 Å². The first-order valence-corrected chi connectivity index (χ1v) is 6.00. The molecule has 0 aliphatic heterocycles. The number of hydrogen-bond donors (Lipinski definition) is 1. The lowest BCUT2D eigenvalue weighted by atomic mass is 10.1. The quantitative estimate of drug-likeness (QED) is 0.852. The normalized spacial score (nSPS) is 13.1. The molecular formula is C13H21ClN2. The maximum atomic E-state index is 5.99. The minimum Gasteiger partial charge on any atom is -0.309 e. The molecule has 0 amide bonds. The van der Waals surface area contributed by atoms with E-state index < -0.39 is 0 Å². The molecule has 0 saturated carbocycles. The third-order valence-corrected chi connectivity index (χ3v) is 2.94. The summed E-state index contributed by atoms with van der Waals surface area (Å²) in [4.78, 5) is 2.19. The fourth-order valence-electron chi connectivity index (χ4n) is 1.72. The van der Waals surface area contributed by atoms with E-state index in [0.29, 0.717) is 6.04 Å². The van der Waals surface area contributed by atoms with Crippen molar-refractivity contribution in [1.29, 1.82) is 0 Å². The molecule has 1 unspecified atom stereocenters. The molecule has 0 aliphatic carbocycles. The summed E-state index contributed by atoms with van der Waals surface area (Å²) >= 11 is 5.99. The second-order valence-electron chi connectivity index (χ2n) is 4.63. The molecule has 16 heavy (non-hydrogen) atoms. The largest absolute Gasteiger partial charge is 0.309 e. The highest BCUT2D eigenvalue weighted by molar-refractivity contribution is 6.31.